The molecule has 0 aliphatic carbocycles. The van der Waals surface area contributed by atoms with Gasteiger partial charge in [0.05, 0.1) is 11.1 Å². The standard InChI is InChI=1S/C22H25NO2/c1-5-19(25-4)23-18-14-10-9-13-17(18)20(21(23)15(2)3)22(24)16-11-7-6-8-12-16/h6-15,19H,5H2,1-4H3. The van der Waals surface area contributed by atoms with E-state index < -0.39 is 0 Å². The summed E-state index contributed by atoms with van der Waals surface area (Å²) in [7, 11) is 1.73. The number of benzene rings is 2. The summed E-state index contributed by atoms with van der Waals surface area (Å²) in [6.45, 7) is 6.37. The van der Waals surface area contributed by atoms with Crippen molar-refractivity contribution in [2.45, 2.75) is 39.3 Å². The molecular formula is C22H25NO2. The number of aromatic nitrogens is 1. The highest BCUT2D eigenvalue weighted by molar-refractivity contribution is 6.17. The number of hydrogen-bond acceptors (Lipinski definition) is 2. The monoisotopic (exact) mass is 335 g/mol. The average Bonchev–Trinajstić information content (AvgIpc) is 2.98. The van der Waals surface area contributed by atoms with Gasteiger partial charge in [-0.1, -0.05) is 69.3 Å². The molecule has 0 aliphatic rings. The molecule has 3 aromatic rings. The fourth-order valence-corrected chi connectivity index (χ4v) is 3.59. The SMILES string of the molecule is CCC(OC)n1c(C(C)C)c(C(=O)c2ccccc2)c2ccccc21. The molecule has 1 atom stereocenters. The molecule has 0 radical (unpaired) electrons. The van der Waals surface area contributed by atoms with Crippen molar-refractivity contribution in [3.05, 3.63) is 71.4 Å². The van der Waals surface area contributed by atoms with Gasteiger partial charge in [-0.2, -0.15) is 0 Å². The lowest BCUT2D eigenvalue weighted by molar-refractivity contribution is 0.0420. The smallest absolute Gasteiger partial charge is 0.195 e. The molecular weight excluding hydrogens is 310 g/mol. The zero-order chi connectivity index (χ0) is 18.0. The normalized spacial score (nSPS) is 12.7. The van der Waals surface area contributed by atoms with Crippen molar-refractivity contribution in [1.29, 1.82) is 0 Å². The number of ketones is 1. The van der Waals surface area contributed by atoms with Gasteiger partial charge in [-0.05, 0) is 18.4 Å². The summed E-state index contributed by atoms with van der Waals surface area (Å²) in [6, 6.07) is 17.6. The summed E-state index contributed by atoms with van der Waals surface area (Å²) in [4.78, 5) is 13.3. The van der Waals surface area contributed by atoms with Crippen LogP contribution in [0, 0.1) is 0 Å². The van der Waals surface area contributed by atoms with Gasteiger partial charge >= 0.3 is 0 Å². The van der Waals surface area contributed by atoms with Gasteiger partial charge in [0.15, 0.2) is 5.78 Å². The molecule has 25 heavy (non-hydrogen) atoms. The van der Waals surface area contributed by atoms with Crippen LogP contribution in [-0.4, -0.2) is 17.5 Å². The molecule has 2 aromatic carbocycles. The largest absolute Gasteiger partial charge is 0.361 e. The molecule has 0 bridgehead atoms. The fourth-order valence-electron chi connectivity index (χ4n) is 3.59. The highest BCUT2D eigenvalue weighted by Crippen LogP contribution is 2.36. The molecule has 1 heterocycles. The number of para-hydroxylation sites is 1. The highest BCUT2D eigenvalue weighted by atomic mass is 16.5. The van der Waals surface area contributed by atoms with Crippen LogP contribution in [0.5, 0.6) is 0 Å². The number of carbonyl (C=O) groups excluding carboxylic acids is 1. The summed E-state index contributed by atoms with van der Waals surface area (Å²) in [5, 5.41) is 0.996. The zero-order valence-electron chi connectivity index (χ0n) is 15.3. The molecule has 1 unspecified atom stereocenters. The van der Waals surface area contributed by atoms with Gasteiger partial charge in [-0.3, -0.25) is 4.79 Å². The van der Waals surface area contributed by atoms with Crippen molar-refractivity contribution in [2.75, 3.05) is 7.11 Å². The second kappa shape index (κ2) is 7.24. The summed E-state index contributed by atoms with van der Waals surface area (Å²) < 4.78 is 7.94. The maximum Gasteiger partial charge on any atom is 0.195 e. The minimum absolute atomic E-state index is 0.0743. The Morgan fingerprint density at radius 2 is 1.68 bits per heavy atom. The van der Waals surface area contributed by atoms with Gasteiger partial charge in [0, 0.05) is 23.8 Å². The van der Waals surface area contributed by atoms with Crippen molar-refractivity contribution < 1.29 is 9.53 Å². The van der Waals surface area contributed by atoms with Gasteiger partial charge in [0.1, 0.15) is 6.23 Å². The second-order valence-electron chi connectivity index (χ2n) is 6.60. The predicted molar refractivity (Wildman–Crippen MR) is 102 cm³/mol. The third-order valence-corrected chi connectivity index (χ3v) is 4.67. The second-order valence-corrected chi connectivity index (χ2v) is 6.60. The lowest BCUT2D eigenvalue weighted by Crippen LogP contribution is -2.16. The molecule has 1 aromatic heterocycles. The van der Waals surface area contributed by atoms with Crippen LogP contribution >= 0.6 is 0 Å². The first-order valence-electron chi connectivity index (χ1n) is 8.85. The third kappa shape index (κ3) is 3.00. The van der Waals surface area contributed by atoms with Crippen molar-refractivity contribution >= 4 is 16.7 Å². The van der Waals surface area contributed by atoms with E-state index in [0.717, 1.165) is 34.1 Å². The van der Waals surface area contributed by atoms with Crippen LogP contribution in [-0.2, 0) is 4.74 Å². The van der Waals surface area contributed by atoms with E-state index in [2.05, 4.69) is 31.4 Å². The van der Waals surface area contributed by atoms with Crippen LogP contribution in [0.3, 0.4) is 0 Å². The Hall–Kier alpha value is -2.39. The molecule has 0 N–H and O–H groups in total. The van der Waals surface area contributed by atoms with E-state index in [0.29, 0.717) is 0 Å². The summed E-state index contributed by atoms with van der Waals surface area (Å²) in [5.74, 6) is 0.282. The Balaban J connectivity index is 2.35. The van der Waals surface area contributed by atoms with Crippen LogP contribution in [0.15, 0.2) is 54.6 Å². The van der Waals surface area contributed by atoms with Gasteiger partial charge in [-0.15, -0.1) is 0 Å². The lowest BCUT2D eigenvalue weighted by atomic mass is 9.96. The minimum atomic E-state index is -0.0837. The van der Waals surface area contributed by atoms with Crippen LogP contribution in [0.25, 0.3) is 10.9 Å². The zero-order valence-corrected chi connectivity index (χ0v) is 15.3. The minimum Gasteiger partial charge on any atom is -0.361 e. The summed E-state index contributed by atoms with van der Waals surface area (Å²) >= 11 is 0. The molecule has 3 nitrogen and oxygen atoms in total. The summed E-state index contributed by atoms with van der Waals surface area (Å²) in [6.07, 6.45) is 0.757. The Labute approximate surface area is 149 Å². The lowest BCUT2D eigenvalue weighted by Gasteiger charge is -2.22. The molecule has 0 fully saturated rings. The number of hydrogen-bond donors (Lipinski definition) is 0. The van der Waals surface area contributed by atoms with Crippen LogP contribution < -0.4 is 0 Å². The van der Waals surface area contributed by atoms with Crippen LogP contribution in [0.1, 0.15) is 61.0 Å². The Morgan fingerprint density at radius 3 is 2.28 bits per heavy atom. The topological polar surface area (TPSA) is 31.2 Å². The average molecular weight is 335 g/mol. The van der Waals surface area contributed by atoms with Gasteiger partial charge < -0.3 is 9.30 Å². The van der Waals surface area contributed by atoms with E-state index in [4.69, 9.17) is 4.74 Å². The van der Waals surface area contributed by atoms with E-state index in [-0.39, 0.29) is 17.9 Å². The van der Waals surface area contributed by atoms with Gasteiger partial charge in [0.25, 0.3) is 0 Å². The molecule has 3 rings (SSSR count). The number of rotatable bonds is 6. The molecule has 0 spiro atoms. The van der Waals surface area contributed by atoms with E-state index in [9.17, 15) is 4.79 Å². The van der Waals surface area contributed by atoms with Crippen molar-refractivity contribution in [1.82, 2.24) is 4.57 Å². The van der Waals surface area contributed by atoms with Gasteiger partial charge in [0.2, 0.25) is 0 Å². The fraction of sp³-hybridized carbons (Fsp3) is 0.318. The van der Waals surface area contributed by atoms with Crippen LogP contribution in [0.2, 0.25) is 0 Å². The van der Waals surface area contributed by atoms with Crippen molar-refractivity contribution in [3.63, 3.8) is 0 Å². The first-order valence-corrected chi connectivity index (χ1v) is 8.85. The van der Waals surface area contributed by atoms with Crippen molar-refractivity contribution in [2.24, 2.45) is 0 Å². The Kier molecular flexibility index (Phi) is 5.05. The van der Waals surface area contributed by atoms with Crippen molar-refractivity contribution in [3.8, 4) is 0 Å². The van der Waals surface area contributed by atoms with E-state index in [1.807, 2.05) is 48.5 Å². The molecule has 0 saturated heterocycles. The Bertz CT molecular complexity index is 874. The molecule has 130 valence electrons. The van der Waals surface area contributed by atoms with E-state index >= 15 is 0 Å². The van der Waals surface area contributed by atoms with E-state index in [1.165, 1.54) is 0 Å². The van der Waals surface area contributed by atoms with Gasteiger partial charge in [-0.25, -0.2) is 0 Å². The Morgan fingerprint density at radius 1 is 1.04 bits per heavy atom. The quantitative estimate of drug-likeness (QED) is 0.553. The maximum atomic E-state index is 13.3. The first kappa shape index (κ1) is 17.4. The number of ether oxygens (including phenoxy) is 1. The molecule has 0 amide bonds. The maximum absolute atomic E-state index is 13.3. The predicted octanol–water partition coefficient (Wildman–Crippen LogP) is 5.55. The van der Waals surface area contributed by atoms with E-state index in [1.54, 1.807) is 7.11 Å². The summed E-state index contributed by atoms with van der Waals surface area (Å²) in [5.41, 5.74) is 3.62. The van der Waals surface area contributed by atoms with Crippen LogP contribution in [0.4, 0.5) is 0 Å². The molecule has 0 saturated carbocycles. The first-order chi connectivity index (χ1) is 12.1. The number of carbonyl (C=O) groups is 1. The molecule has 3 heteroatoms. The molecule has 0 aliphatic heterocycles. The number of fused-ring (bicyclic) bond motifs is 1. The highest BCUT2D eigenvalue weighted by Gasteiger charge is 2.27. The number of methoxy groups -OCH3 is 1. The number of nitrogens with zero attached hydrogens (tertiary/aromatic N) is 1. The third-order valence-electron chi connectivity index (χ3n) is 4.67.